The normalized spacial score (nSPS) is 10.3. The highest BCUT2D eigenvalue weighted by molar-refractivity contribution is 5.94. The van der Waals surface area contributed by atoms with Crippen molar-refractivity contribution in [2.75, 3.05) is 11.9 Å². The first-order valence-corrected chi connectivity index (χ1v) is 11.1. The lowest BCUT2D eigenvalue weighted by Crippen LogP contribution is -2.22. The number of carbonyl (C=O) groups is 1. The highest BCUT2D eigenvalue weighted by Crippen LogP contribution is 2.22. The number of carbonyl (C=O) groups excluding carboxylic acids is 1. The van der Waals surface area contributed by atoms with Crippen molar-refractivity contribution >= 4 is 11.7 Å². The second-order valence-corrected chi connectivity index (χ2v) is 7.88. The van der Waals surface area contributed by atoms with E-state index in [4.69, 9.17) is 0 Å². The summed E-state index contributed by atoms with van der Waals surface area (Å²) in [6.07, 6.45) is 9.01. The molecule has 1 amide bonds. The molecule has 0 saturated heterocycles. The van der Waals surface area contributed by atoms with Gasteiger partial charge >= 0.3 is 0 Å². The van der Waals surface area contributed by atoms with Crippen molar-refractivity contribution in [1.82, 2.24) is 25.1 Å². The molecule has 0 bridgehead atoms. The highest BCUT2D eigenvalue weighted by Gasteiger charge is 2.09. The number of amides is 1. The zero-order chi connectivity index (χ0) is 23.9. The zero-order valence-corrected chi connectivity index (χ0v) is 19.5. The maximum Gasteiger partial charge on any atom is 0.251 e. The number of aromatic nitrogens is 4. The van der Waals surface area contributed by atoms with Crippen LogP contribution < -0.4 is 10.6 Å². The zero-order valence-electron chi connectivity index (χ0n) is 19.5. The number of nitrogens with one attached hydrogen (secondary N) is 2. The predicted octanol–water partition coefficient (Wildman–Crippen LogP) is 3.95. The van der Waals surface area contributed by atoms with Crippen LogP contribution in [-0.4, -0.2) is 32.2 Å². The van der Waals surface area contributed by atoms with E-state index in [9.17, 15) is 4.79 Å². The average Bonchev–Trinajstić information content (AvgIpc) is 3.29. The van der Waals surface area contributed by atoms with Gasteiger partial charge in [-0.2, -0.15) is 5.10 Å². The van der Waals surface area contributed by atoms with Gasteiger partial charge in [-0.25, -0.2) is 4.98 Å². The standard InChI is InChI=1S/C27H26N6O/c1-4-29-26-22(13-24(16-30-26)25-17-32-33(3)18-25)10-9-21-12-23(8-7-19(21)2)27(34)31-15-20-6-5-11-28-14-20/h5-8,11-14,16-18H,4,15H2,1-3H3,(H,29,30)(H,31,34). The first kappa shape index (κ1) is 22.7. The Kier molecular flexibility index (Phi) is 6.99. The van der Waals surface area contributed by atoms with Gasteiger partial charge in [-0.05, 0) is 49.2 Å². The van der Waals surface area contributed by atoms with Crippen molar-refractivity contribution in [3.05, 3.63) is 95.2 Å². The number of hydrogen-bond donors (Lipinski definition) is 2. The number of anilines is 1. The number of pyridine rings is 2. The van der Waals surface area contributed by atoms with E-state index in [1.165, 1.54) is 0 Å². The number of rotatable bonds is 6. The van der Waals surface area contributed by atoms with Crippen molar-refractivity contribution in [2.45, 2.75) is 20.4 Å². The van der Waals surface area contributed by atoms with E-state index in [0.29, 0.717) is 12.1 Å². The van der Waals surface area contributed by atoms with Crippen molar-refractivity contribution < 1.29 is 4.79 Å². The fraction of sp³-hybridized carbons (Fsp3) is 0.185. The third-order valence-electron chi connectivity index (χ3n) is 5.28. The lowest BCUT2D eigenvalue weighted by molar-refractivity contribution is 0.0951. The average molecular weight is 451 g/mol. The first-order valence-electron chi connectivity index (χ1n) is 11.1. The maximum absolute atomic E-state index is 12.7. The minimum absolute atomic E-state index is 0.152. The van der Waals surface area contributed by atoms with Crippen LogP contribution in [0, 0.1) is 18.8 Å². The molecule has 0 unspecified atom stereocenters. The summed E-state index contributed by atoms with van der Waals surface area (Å²) in [6, 6.07) is 11.3. The molecule has 7 nitrogen and oxygen atoms in total. The van der Waals surface area contributed by atoms with Crippen molar-refractivity contribution in [3.8, 4) is 23.0 Å². The molecule has 0 spiro atoms. The molecule has 0 radical (unpaired) electrons. The van der Waals surface area contributed by atoms with Crippen molar-refractivity contribution in [2.24, 2.45) is 7.05 Å². The van der Waals surface area contributed by atoms with E-state index in [-0.39, 0.29) is 5.91 Å². The number of benzene rings is 1. The van der Waals surface area contributed by atoms with E-state index >= 15 is 0 Å². The predicted molar refractivity (Wildman–Crippen MR) is 133 cm³/mol. The Labute approximate surface area is 199 Å². The van der Waals surface area contributed by atoms with Gasteiger partial charge < -0.3 is 10.6 Å². The summed E-state index contributed by atoms with van der Waals surface area (Å²) in [6.45, 7) is 5.16. The molecule has 3 aromatic heterocycles. The van der Waals surface area contributed by atoms with Gasteiger partial charge in [0.25, 0.3) is 5.91 Å². The molecular formula is C27H26N6O. The Morgan fingerprint density at radius 3 is 2.65 bits per heavy atom. The highest BCUT2D eigenvalue weighted by atomic mass is 16.1. The van der Waals surface area contributed by atoms with Crippen LogP contribution in [0.4, 0.5) is 5.82 Å². The second kappa shape index (κ2) is 10.5. The van der Waals surface area contributed by atoms with Crippen LogP contribution in [0.1, 0.15) is 39.5 Å². The summed E-state index contributed by atoms with van der Waals surface area (Å²) in [5.41, 5.74) is 6.01. The van der Waals surface area contributed by atoms with Crippen LogP contribution >= 0.6 is 0 Å². The Hall–Kier alpha value is -4.44. The molecule has 0 aliphatic rings. The summed E-state index contributed by atoms with van der Waals surface area (Å²) in [5, 5.41) is 10.4. The molecule has 7 heteroatoms. The third kappa shape index (κ3) is 5.48. The summed E-state index contributed by atoms with van der Waals surface area (Å²) in [7, 11) is 1.88. The van der Waals surface area contributed by atoms with Crippen LogP contribution in [0.3, 0.4) is 0 Å². The van der Waals surface area contributed by atoms with Crippen LogP contribution in [0.2, 0.25) is 0 Å². The number of hydrogen-bond acceptors (Lipinski definition) is 5. The lowest BCUT2D eigenvalue weighted by atomic mass is 10.0. The van der Waals surface area contributed by atoms with Crippen LogP contribution in [0.15, 0.2) is 67.4 Å². The topological polar surface area (TPSA) is 84.7 Å². The molecule has 170 valence electrons. The summed E-state index contributed by atoms with van der Waals surface area (Å²) in [5.74, 6) is 7.07. The molecule has 0 aliphatic heterocycles. The molecule has 4 aromatic rings. The smallest absolute Gasteiger partial charge is 0.251 e. The number of nitrogens with zero attached hydrogens (tertiary/aromatic N) is 4. The summed E-state index contributed by atoms with van der Waals surface area (Å²) in [4.78, 5) is 21.3. The van der Waals surface area contributed by atoms with Crippen molar-refractivity contribution in [3.63, 3.8) is 0 Å². The van der Waals surface area contributed by atoms with E-state index in [1.54, 1.807) is 23.3 Å². The minimum Gasteiger partial charge on any atom is -0.369 e. The van der Waals surface area contributed by atoms with Crippen molar-refractivity contribution in [1.29, 1.82) is 0 Å². The SMILES string of the molecule is CCNc1ncc(-c2cnn(C)c2)cc1C#Cc1cc(C(=O)NCc2cccnc2)ccc1C. The van der Waals surface area contributed by atoms with Crippen LogP contribution in [-0.2, 0) is 13.6 Å². The molecule has 0 fully saturated rings. The van der Waals surface area contributed by atoms with Gasteiger partial charge in [0.1, 0.15) is 5.82 Å². The first-order chi connectivity index (χ1) is 16.5. The quantitative estimate of drug-likeness (QED) is 0.435. The summed E-state index contributed by atoms with van der Waals surface area (Å²) < 4.78 is 1.76. The van der Waals surface area contributed by atoms with E-state index in [2.05, 4.69) is 37.5 Å². The molecule has 0 saturated carbocycles. The van der Waals surface area contributed by atoms with Gasteiger partial charge in [0.15, 0.2) is 0 Å². The largest absolute Gasteiger partial charge is 0.369 e. The van der Waals surface area contributed by atoms with Gasteiger partial charge in [0.2, 0.25) is 0 Å². The molecule has 3 heterocycles. The molecule has 4 rings (SSSR count). The molecule has 0 atom stereocenters. The fourth-order valence-electron chi connectivity index (χ4n) is 3.42. The molecule has 1 aromatic carbocycles. The molecule has 2 N–H and O–H groups in total. The third-order valence-corrected chi connectivity index (χ3v) is 5.28. The van der Waals surface area contributed by atoms with Gasteiger partial charge in [-0.3, -0.25) is 14.5 Å². The Morgan fingerprint density at radius 1 is 1.06 bits per heavy atom. The van der Waals surface area contributed by atoms with Gasteiger partial charge in [-0.15, -0.1) is 0 Å². The Bertz CT molecular complexity index is 1360. The Balaban J connectivity index is 1.60. The van der Waals surface area contributed by atoms with Gasteiger partial charge in [0.05, 0.1) is 11.8 Å². The van der Waals surface area contributed by atoms with Crippen LogP contribution in [0.25, 0.3) is 11.1 Å². The van der Waals surface area contributed by atoms with Crippen LogP contribution in [0.5, 0.6) is 0 Å². The minimum atomic E-state index is -0.152. The van der Waals surface area contributed by atoms with Gasteiger partial charge in [0, 0.05) is 67.2 Å². The molecule has 0 aliphatic carbocycles. The molecular weight excluding hydrogens is 424 g/mol. The number of aryl methyl sites for hydroxylation is 2. The second-order valence-electron chi connectivity index (χ2n) is 7.88. The lowest BCUT2D eigenvalue weighted by Gasteiger charge is -2.08. The van der Waals surface area contributed by atoms with E-state index in [0.717, 1.165) is 45.7 Å². The fourth-order valence-corrected chi connectivity index (χ4v) is 3.42. The maximum atomic E-state index is 12.7. The van der Waals surface area contributed by atoms with E-state index in [1.807, 2.05) is 69.7 Å². The Morgan fingerprint density at radius 2 is 1.91 bits per heavy atom. The van der Waals surface area contributed by atoms with E-state index < -0.39 is 0 Å². The molecule has 34 heavy (non-hydrogen) atoms. The summed E-state index contributed by atoms with van der Waals surface area (Å²) >= 11 is 0. The van der Waals surface area contributed by atoms with Gasteiger partial charge in [-0.1, -0.05) is 24.0 Å². The monoisotopic (exact) mass is 450 g/mol.